The Hall–Kier alpha value is -0.120. The van der Waals surface area contributed by atoms with Gasteiger partial charge in [0.15, 0.2) is 0 Å². The van der Waals surface area contributed by atoms with E-state index in [1.165, 1.54) is 25.7 Å². The Bertz CT molecular complexity index is 157. The van der Waals surface area contributed by atoms with Gasteiger partial charge in [-0.1, -0.05) is 12.8 Å². The molecule has 1 N–H and O–H groups in total. The highest BCUT2D eigenvalue weighted by molar-refractivity contribution is 4.86. The molecule has 1 saturated heterocycles. The Morgan fingerprint density at radius 2 is 2.00 bits per heavy atom. The summed E-state index contributed by atoms with van der Waals surface area (Å²) in [5.41, 5.74) is 0. The molecule has 3 nitrogen and oxygen atoms in total. The molecule has 0 spiro atoms. The highest BCUT2D eigenvalue weighted by Gasteiger charge is 2.30. The predicted molar refractivity (Wildman–Crippen MR) is 50.8 cm³/mol. The minimum Gasteiger partial charge on any atom is -0.377 e. The molecule has 2 rings (SSSR count). The first-order chi connectivity index (χ1) is 6.40. The molecular formula is C10H19NO2. The van der Waals surface area contributed by atoms with Crippen LogP contribution in [0.25, 0.3) is 0 Å². The molecule has 1 saturated carbocycles. The first-order valence-electron chi connectivity index (χ1n) is 5.26. The number of methoxy groups -OCH3 is 1. The Morgan fingerprint density at radius 1 is 1.23 bits per heavy atom. The summed E-state index contributed by atoms with van der Waals surface area (Å²) in [5.74, 6) is 0. The van der Waals surface area contributed by atoms with Crippen LogP contribution in [0.5, 0.6) is 0 Å². The van der Waals surface area contributed by atoms with Crippen LogP contribution in [0.15, 0.2) is 0 Å². The van der Waals surface area contributed by atoms with Crippen LogP contribution in [-0.4, -0.2) is 38.5 Å². The van der Waals surface area contributed by atoms with Crippen LogP contribution in [0.2, 0.25) is 0 Å². The third kappa shape index (κ3) is 2.22. The van der Waals surface area contributed by atoms with Crippen LogP contribution in [0.3, 0.4) is 0 Å². The van der Waals surface area contributed by atoms with Crippen molar-refractivity contribution in [2.24, 2.45) is 0 Å². The summed E-state index contributed by atoms with van der Waals surface area (Å²) in [7, 11) is 1.77. The quantitative estimate of drug-likeness (QED) is 0.709. The van der Waals surface area contributed by atoms with Gasteiger partial charge in [-0.05, 0) is 12.8 Å². The van der Waals surface area contributed by atoms with Crippen LogP contribution in [0.4, 0.5) is 0 Å². The second-order valence-corrected chi connectivity index (χ2v) is 4.07. The van der Waals surface area contributed by atoms with E-state index in [1.54, 1.807) is 7.11 Å². The zero-order chi connectivity index (χ0) is 9.10. The summed E-state index contributed by atoms with van der Waals surface area (Å²) >= 11 is 0. The molecule has 1 heterocycles. The molecule has 13 heavy (non-hydrogen) atoms. The minimum absolute atomic E-state index is 0.264. The molecule has 0 radical (unpaired) electrons. The maximum atomic E-state index is 5.38. The van der Waals surface area contributed by atoms with Crippen molar-refractivity contribution in [1.29, 1.82) is 0 Å². The fraction of sp³-hybridized carbons (Fsp3) is 1.00. The minimum atomic E-state index is 0.264. The second kappa shape index (κ2) is 4.40. The van der Waals surface area contributed by atoms with Crippen LogP contribution in [0.1, 0.15) is 25.7 Å². The summed E-state index contributed by atoms with van der Waals surface area (Å²) in [6, 6.07) is 1.14. The normalized spacial score (nSPS) is 35.8. The van der Waals surface area contributed by atoms with E-state index in [-0.39, 0.29) is 6.10 Å². The molecule has 0 bridgehead atoms. The summed E-state index contributed by atoms with van der Waals surface area (Å²) in [6.45, 7) is 1.57. The molecule has 1 aliphatic heterocycles. The number of rotatable bonds is 3. The highest BCUT2D eigenvalue weighted by Crippen LogP contribution is 2.20. The number of hydrogen-bond acceptors (Lipinski definition) is 3. The van der Waals surface area contributed by atoms with Crippen LogP contribution < -0.4 is 5.32 Å². The third-order valence-electron chi connectivity index (χ3n) is 3.14. The van der Waals surface area contributed by atoms with Gasteiger partial charge in [0.1, 0.15) is 0 Å². The molecule has 0 amide bonds. The molecule has 2 aliphatic rings. The number of nitrogens with one attached hydrogen (secondary N) is 1. The summed E-state index contributed by atoms with van der Waals surface area (Å²) < 4.78 is 10.7. The van der Waals surface area contributed by atoms with E-state index in [9.17, 15) is 0 Å². The molecule has 2 atom stereocenters. The summed E-state index contributed by atoms with van der Waals surface area (Å²) in [5, 5.41) is 3.63. The van der Waals surface area contributed by atoms with Gasteiger partial charge in [0.2, 0.25) is 0 Å². The van der Waals surface area contributed by atoms with Crippen LogP contribution >= 0.6 is 0 Å². The average Bonchev–Trinajstić information content (AvgIpc) is 2.76. The fourth-order valence-corrected chi connectivity index (χ4v) is 2.32. The van der Waals surface area contributed by atoms with Crippen LogP contribution in [0, 0.1) is 0 Å². The van der Waals surface area contributed by atoms with E-state index in [4.69, 9.17) is 9.47 Å². The Labute approximate surface area is 79.8 Å². The molecule has 2 fully saturated rings. The van der Waals surface area contributed by atoms with E-state index in [0.717, 1.165) is 13.2 Å². The van der Waals surface area contributed by atoms with E-state index in [2.05, 4.69) is 5.32 Å². The molecule has 0 aromatic rings. The van der Waals surface area contributed by atoms with Gasteiger partial charge in [-0.2, -0.15) is 0 Å². The lowest BCUT2D eigenvalue weighted by atomic mass is 10.1. The van der Waals surface area contributed by atoms with Crippen molar-refractivity contribution in [2.75, 3.05) is 20.3 Å². The van der Waals surface area contributed by atoms with E-state index < -0.39 is 0 Å². The third-order valence-corrected chi connectivity index (χ3v) is 3.14. The Morgan fingerprint density at radius 3 is 2.69 bits per heavy atom. The lowest BCUT2D eigenvalue weighted by Gasteiger charge is -2.21. The van der Waals surface area contributed by atoms with Crippen LogP contribution in [-0.2, 0) is 9.47 Å². The lowest BCUT2D eigenvalue weighted by molar-refractivity contribution is 0.0718. The fourth-order valence-electron chi connectivity index (χ4n) is 2.32. The van der Waals surface area contributed by atoms with Gasteiger partial charge in [-0.25, -0.2) is 0 Å². The zero-order valence-electron chi connectivity index (χ0n) is 8.29. The van der Waals surface area contributed by atoms with Gasteiger partial charge in [0.25, 0.3) is 0 Å². The number of ether oxygens (including phenoxy) is 2. The summed E-state index contributed by atoms with van der Waals surface area (Å²) in [4.78, 5) is 0. The van der Waals surface area contributed by atoms with Gasteiger partial charge < -0.3 is 14.8 Å². The van der Waals surface area contributed by atoms with Crippen molar-refractivity contribution in [3.63, 3.8) is 0 Å². The smallest absolute Gasteiger partial charge is 0.0979 e. The first kappa shape index (κ1) is 9.44. The highest BCUT2D eigenvalue weighted by atomic mass is 16.5. The van der Waals surface area contributed by atoms with Gasteiger partial charge >= 0.3 is 0 Å². The molecule has 76 valence electrons. The summed E-state index contributed by atoms with van der Waals surface area (Å²) in [6.07, 6.45) is 5.67. The average molecular weight is 185 g/mol. The van der Waals surface area contributed by atoms with Crippen molar-refractivity contribution in [2.45, 2.75) is 43.9 Å². The van der Waals surface area contributed by atoms with Gasteiger partial charge in [0.05, 0.1) is 25.4 Å². The zero-order valence-corrected chi connectivity index (χ0v) is 8.29. The maximum absolute atomic E-state index is 5.38. The standard InChI is InChI=1S/C10H19NO2/c1-12-10-7-13-6-9(10)11-8-4-2-3-5-8/h8-11H,2-7H2,1H3/t9-,10-/m0/s1. The molecular weight excluding hydrogens is 166 g/mol. The van der Waals surface area contributed by atoms with Crippen molar-refractivity contribution < 1.29 is 9.47 Å². The largest absolute Gasteiger partial charge is 0.377 e. The second-order valence-electron chi connectivity index (χ2n) is 4.07. The van der Waals surface area contributed by atoms with Gasteiger partial charge in [0, 0.05) is 13.2 Å². The Balaban J connectivity index is 1.79. The first-order valence-corrected chi connectivity index (χ1v) is 5.26. The lowest BCUT2D eigenvalue weighted by Crippen LogP contribution is -2.44. The van der Waals surface area contributed by atoms with E-state index in [0.29, 0.717) is 12.1 Å². The molecule has 3 heteroatoms. The maximum Gasteiger partial charge on any atom is 0.0979 e. The molecule has 0 aromatic carbocycles. The Kier molecular flexibility index (Phi) is 3.19. The van der Waals surface area contributed by atoms with Crippen molar-refractivity contribution >= 4 is 0 Å². The monoisotopic (exact) mass is 185 g/mol. The van der Waals surface area contributed by atoms with Crippen molar-refractivity contribution in [3.05, 3.63) is 0 Å². The van der Waals surface area contributed by atoms with Crippen molar-refractivity contribution in [3.8, 4) is 0 Å². The van der Waals surface area contributed by atoms with Gasteiger partial charge in [-0.15, -0.1) is 0 Å². The van der Waals surface area contributed by atoms with E-state index >= 15 is 0 Å². The van der Waals surface area contributed by atoms with E-state index in [1.807, 2.05) is 0 Å². The molecule has 0 aromatic heterocycles. The SMILES string of the molecule is CO[C@H]1COC[C@@H]1NC1CCCC1. The molecule has 1 aliphatic carbocycles. The number of hydrogen-bond donors (Lipinski definition) is 1. The predicted octanol–water partition coefficient (Wildman–Crippen LogP) is 0.932. The van der Waals surface area contributed by atoms with Crippen molar-refractivity contribution in [1.82, 2.24) is 5.32 Å². The molecule has 0 unspecified atom stereocenters. The van der Waals surface area contributed by atoms with Gasteiger partial charge in [-0.3, -0.25) is 0 Å². The topological polar surface area (TPSA) is 30.5 Å².